The maximum absolute atomic E-state index is 6.25. The molecule has 1 aliphatic rings. The maximum Gasteiger partial charge on any atom is 0.160 e. The molecule has 0 bridgehead atoms. The van der Waals surface area contributed by atoms with Gasteiger partial charge in [-0.05, 0) is 59.0 Å². The Kier molecular flexibility index (Phi) is 5.63. The highest BCUT2D eigenvalue weighted by molar-refractivity contribution is 6.05. The molecule has 1 aliphatic carbocycles. The Hall–Kier alpha value is -5.80. The fraction of sp³-hybridized carbons (Fsp3) is 0.0476. The van der Waals surface area contributed by atoms with Gasteiger partial charge in [-0.25, -0.2) is 9.97 Å². The van der Waals surface area contributed by atoms with Gasteiger partial charge in [-0.3, -0.25) is 0 Å². The predicted molar refractivity (Wildman–Crippen MR) is 183 cm³/mol. The van der Waals surface area contributed by atoms with E-state index in [4.69, 9.17) is 14.4 Å². The number of rotatable bonds is 4. The standard InChI is InChI=1S/C42H28N2O/c1-42(29-15-6-3-7-16-29)34-20-10-8-18-32(34)40-33(19-12-21-35(40)42)37-26-36(27-13-4-2-5-14-27)43-41(44-37)28-23-24-31-30-17-9-11-22-38(30)45-39(31)25-28/h2-26H,1H3. The summed E-state index contributed by atoms with van der Waals surface area (Å²) in [6.07, 6.45) is 0. The molecule has 0 radical (unpaired) electrons. The van der Waals surface area contributed by atoms with Crippen LogP contribution in [0.4, 0.5) is 0 Å². The molecule has 3 nitrogen and oxygen atoms in total. The van der Waals surface area contributed by atoms with Crippen molar-refractivity contribution in [2.45, 2.75) is 12.3 Å². The molecule has 9 rings (SSSR count). The molecule has 6 aromatic carbocycles. The first kappa shape index (κ1) is 25.7. The Bertz CT molecular complexity index is 2390. The topological polar surface area (TPSA) is 38.9 Å². The number of aromatic nitrogens is 2. The highest BCUT2D eigenvalue weighted by Gasteiger charge is 2.41. The summed E-state index contributed by atoms with van der Waals surface area (Å²) in [6, 6.07) is 53.2. The molecular weight excluding hydrogens is 548 g/mol. The van der Waals surface area contributed by atoms with E-state index in [0.717, 1.165) is 50.0 Å². The number of hydrogen-bond donors (Lipinski definition) is 0. The summed E-state index contributed by atoms with van der Waals surface area (Å²) in [5.74, 6) is 0.670. The Labute approximate surface area is 261 Å². The van der Waals surface area contributed by atoms with Crippen molar-refractivity contribution >= 4 is 21.9 Å². The summed E-state index contributed by atoms with van der Waals surface area (Å²) in [6.45, 7) is 2.35. The Balaban J connectivity index is 1.29. The number of benzene rings is 6. The van der Waals surface area contributed by atoms with Crippen LogP contribution in [0.2, 0.25) is 0 Å². The summed E-state index contributed by atoms with van der Waals surface area (Å²) in [7, 11) is 0. The summed E-state index contributed by atoms with van der Waals surface area (Å²) < 4.78 is 6.25. The van der Waals surface area contributed by atoms with E-state index >= 15 is 0 Å². The number of nitrogens with zero attached hydrogens (tertiary/aromatic N) is 2. The summed E-state index contributed by atoms with van der Waals surface area (Å²) >= 11 is 0. The minimum Gasteiger partial charge on any atom is -0.456 e. The molecule has 0 fully saturated rings. The molecule has 1 unspecified atom stereocenters. The van der Waals surface area contributed by atoms with Crippen molar-refractivity contribution in [3.63, 3.8) is 0 Å². The first-order valence-electron chi connectivity index (χ1n) is 15.3. The van der Waals surface area contributed by atoms with Gasteiger partial charge in [0, 0.05) is 32.9 Å². The van der Waals surface area contributed by atoms with Gasteiger partial charge in [0.1, 0.15) is 11.2 Å². The van der Waals surface area contributed by atoms with Crippen molar-refractivity contribution in [2.24, 2.45) is 0 Å². The molecule has 212 valence electrons. The van der Waals surface area contributed by atoms with E-state index in [1.807, 2.05) is 24.3 Å². The van der Waals surface area contributed by atoms with Gasteiger partial charge in [0.15, 0.2) is 5.82 Å². The molecule has 1 atom stereocenters. The van der Waals surface area contributed by atoms with E-state index in [9.17, 15) is 0 Å². The number of hydrogen-bond acceptors (Lipinski definition) is 3. The van der Waals surface area contributed by atoms with Crippen molar-refractivity contribution in [1.29, 1.82) is 0 Å². The molecule has 2 heterocycles. The molecule has 0 N–H and O–H groups in total. The lowest BCUT2D eigenvalue weighted by atomic mass is 9.74. The second-order valence-electron chi connectivity index (χ2n) is 11.9. The molecule has 0 amide bonds. The van der Waals surface area contributed by atoms with Crippen LogP contribution in [0.5, 0.6) is 0 Å². The van der Waals surface area contributed by atoms with Gasteiger partial charge >= 0.3 is 0 Å². The lowest BCUT2D eigenvalue weighted by molar-refractivity contribution is 0.669. The molecule has 2 aromatic heterocycles. The minimum absolute atomic E-state index is 0.284. The highest BCUT2D eigenvalue weighted by Crippen LogP contribution is 2.55. The highest BCUT2D eigenvalue weighted by atomic mass is 16.3. The number of fused-ring (bicyclic) bond motifs is 6. The smallest absolute Gasteiger partial charge is 0.160 e. The summed E-state index contributed by atoms with van der Waals surface area (Å²) in [5, 5.41) is 2.20. The van der Waals surface area contributed by atoms with Gasteiger partial charge in [0.25, 0.3) is 0 Å². The molecule has 0 spiro atoms. The largest absolute Gasteiger partial charge is 0.456 e. The van der Waals surface area contributed by atoms with E-state index in [2.05, 4.69) is 134 Å². The summed E-state index contributed by atoms with van der Waals surface area (Å²) in [5.41, 5.74) is 12.6. The molecule has 45 heavy (non-hydrogen) atoms. The Morgan fingerprint density at radius 2 is 1.16 bits per heavy atom. The third kappa shape index (κ3) is 3.91. The van der Waals surface area contributed by atoms with E-state index in [1.54, 1.807) is 0 Å². The quantitative estimate of drug-likeness (QED) is 0.209. The normalized spacial score (nSPS) is 15.3. The SMILES string of the molecule is CC1(c2ccccc2)c2ccccc2-c2c(-c3cc(-c4ccccc4)nc(-c4ccc5c(c4)oc4ccccc45)n3)cccc21. The molecule has 0 saturated carbocycles. The maximum atomic E-state index is 6.25. The van der Waals surface area contributed by atoms with Crippen molar-refractivity contribution in [1.82, 2.24) is 9.97 Å². The third-order valence-corrected chi connectivity index (χ3v) is 9.40. The fourth-order valence-corrected chi connectivity index (χ4v) is 7.17. The van der Waals surface area contributed by atoms with Crippen LogP contribution in [0.15, 0.2) is 156 Å². The van der Waals surface area contributed by atoms with Gasteiger partial charge in [0.2, 0.25) is 0 Å². The molecule has 0 saturated heterocycles. The van der Waals surface area contributed by atoms with Gasteiger partial charge in [0.05, 0.1) is 11.4 Å². The molecule has 0 aliphatic heterocycles. The average molecular weight is 577 g/mol. The zero-order valence-electron chi connectivity index (χ0n) is 24.7. The van der Waals surface area contributed by atoms with Crippen LogP contribution >= 0.6 is 0 Å². The van der Waals surface area contributed by atoms with Crippen LogP contribution < -0.4 is 0 Å². The zero-order chi connectivity index (χ0) is 30.0. The van der Waals surface area contributed by atoms with E-state index in [-0.39, 0.29) is 5.41 Å². The van der Waals surface area contributed by atoms with Crippen LogP contribution in [-0.4, -0.2) is 9.97 Å². The molecule has 8 aromatic rings. The third-order valence-electron chi connectivity index (χ3n) is 9.40. The first-order chi connectivity index (χ1) is 22.2. The Morgan fingerprint density at radius 1 is 0.489 bits per heavy atom. The number of furan rings is 1. The predicted octanol–water partition coefficient (Wildman–Crippen LogP) is 10.7. The second kappa shape index (κ2) is 9.87. The van der Waals surface area contributed by atoms with Crippen LogP contribution in [0, 0.1) is 0 Å². The van der Waals surface area contributed by atoms with Gasteiger partial charge in [-0.1, -0.05) is 127 Å². The monoisotopic (exact) mass is 576 g/mol. The number of para-hydroxylation sites is 1. The average Bonchev–Trinajstić information content (AvgIpc) is 3.62. The fourth-order valence-electron chi connectivity index (χ4n) is 7.17. The van der Waals surface area contributed by atoms with Crippen molar-refractivity contribution in [3.05, 3.63) is 168 Å². The van der Waals surface area contributed by atoms with Gasteiger partial charge in [-0.15, -0.1) is 0 Å². The van der Waals surface area contributed by atoms with Crippen LogP contribution in [0.25, 0.3) is 67.0 Å². The molecular formula is C42H28N2O. The van der Waals surface area contributed by atoms with E-state index < -0.39 is 0 Å². The van der Waals surface area contributed by atoms with Crippen LogP contribution in [-0.2, 0) is 5.41 Å². The lowest BCUT2D eigenvalue weighted by Crippen LogP contribution is -2.22. The zero-order valence-corrected chi connectivity index (χ0v) is 24.7. The van der Waals surface area contributed by atoms with Gasteiger partial charge in [-0.2, -0.15) is 0 Å². The molecule has 3 heteroatoms. The van der Waals surface area contributed by atoms with E-state index in [1.165, 1.54) is 27.8 Å². The first-order valence-corrected chi connectivity index (χ1v) is 15.3. The van der Waals surface area contributed by atoms with Crippen molar-refractivity contribution < 1.29 is 4.42 Å². The van der Waals surface area contributed by atoms with Crippen molar-refractivity contribution in [3.8, 4) is 45.0 Å². The van der Waals surface area contributed by atoms with Crippen LogP contribution in [0.1, 0.15) is 23.6 Å². The lowest BCUT2D eigenvalue weighted by Gasteiger charge is -2.28. The minimum atomic E-state index is -0.284. The summed E-state index contributed by atoms with van der Waals surface area (Å²) in [4.78, 5) is 10.4. The van der Waals surface area contributed by atoms with Crippen molar-refractivity contribution in [2.75, 3.05) is 0 Å². The van der Waals surface area contributed by atoms with E-state index in [0.29, 0.717) is 5.82 Å². The Morgan fingerprint density at radius 3 is 2.02 bits per heavy atom. The second-order valence-corrected chi connectivity index (χ2v) is 11.9. The van der Waals surface area contributed by atoms with Crippen LogP contribution in [0.3, 0.4) is 0 Å². The van der Waals surface area contributed by atoms with Gasteiger partial charge < -0.3 is 4.42 Å².